The summed E-state index contributed by atoms with van der Waals surface area (Å²) in [5, 5.41) is 5.13. The van der Waals surface area contributed by atoms with Gasteiger partial charge in [-0.25, -0.2) is 0 Å². The van der Waals surface area contributed by atoms with Crippen LogP contribution in [0.1, 0.15) is 61.7 Å². The quantitative estimate of drug-likeness (QED) is 0.507. The summed E-state index contributed by atoms with van der Waals surface area (Å²) in [6.07, 6.45) is 6.16. The molecular formula is C27H20N2O6. The van der Waals surface area contributed by atoms with Gasteiger partial charge in [0.1, 0.15) is 0 Å². The lowest BCUT2D eigenvalue weighted by Gasteiger charge is -2.05. The number of Topliss-reactive ketones (excluding diaryl/α,β-unsaturated/α-hetero) is 4. The van der Waals surface area contributed by atoms with E-state index < -0.39 is 23.1 Å². The number of carbonyl (C=O) groups excluding carboxylic acids is 6. The molecule has 0 aliphatic heterocycles. The van der Waals surface area contributed by atoms with E-state index in [9.17, 15) is 28.8 Å². The normalized spacial score (nSPS) is 16.9. The summed E-state index contributed by atoms with van der Waals surface area (Å²) in [5.74, 6) is -2.53. The molecule has 2 N–H and O–H groups in total. The molecule has 4 rings (SSSR count). The fourth-order valence-electron chi connectivity index (χ4n) is 4.09. The molecule has 2 aromatic rings. The van der Waals surface area contributed by atoms with Gasteiger partial charge in [-0.15, -0.1) is 0 Å². The molecule has 0 spiro atoms. The summed E-state index contributed by atoms with van der Waals surface area (Å²) in [4.78, 5) is 73.8. The van der Waals surface area contributed by atoms with Crippen LogP contribution >= 0.6 is 0 Å². The van der Waals surface area contributed by atoms with Crippen LogP contribution < -0.4 is 10.6 Å². The maximum atomic E-state index is 12.8. The summed E-state index contributed by atoms with van der Waals surface area (Å²) >= 11 is 0. The Balaban J connectivity index is 1.52. The Kier molecular flexibility index (Phi) is 6.20. The minimum absolute atomic E-state index is 0.00419. The second-order valence-electron chi connectivity index (χ2n) is 8.00. The predicted octanol–water partition coefficient (Wildman–Crippen LogP) is 3.86. The zero-order valence-electron chi connectivity index (χ0n) is 18.9. The summed E-state index contributed by atoms with van der Waals surface area (Å²) < 4.78 is 0. The zero-order chi connectivity index (χ0) is 25.3. The lowest BCUT2D eigenvalue weighted by atomic mass is 10.1. The van der Waals surface area contributed by atoms with Crippen molar-refractivity contribution in [3.8, 4) is 0 Å². The molecule has 2 aliphatic carbocycles. The van der Waals surface area contributed by atoms with Crippen molar-refractivity contribution in [2.24, 2.45) is 0 Å². The molecule has 0 unspecified atom stereocenters. The fraction of sp³-hybridized carbons (Fsp3) is 0.111. The van der Waals surface area contributed by atoms with Gasteiger partial charge in [0.15, 0.2) is 23.1 Å². The third-order valence-corrected chi connectivity index (χ3v) is 5.53. The van der Waals surface area contributed by atoms with Crippen LogP contribution in [0.3, 0.4) is 0 Å². The molecule has 2 amide bonds. The first-order chi connectivity index (χ1) is 16.7. The van der Waals surface area contributed by atoms with Gasteiger partial charge in [-0.3, -0.25) is 28.8 Å². The highest BCUT2D eigenvalue weighted by Gasteiger charge is 2.36. The molecule has 0 fully saturated rings. The molecular weight excluding hydrogens is 448 g/mol. The Morgan fingerprint density at radius 2 is 1.20 bits per heavy atom. The van der Waals surface area contributed by atoms with Gasteiger partial charge in [-0.1, -0.05) is 42.5 Å². The lowest BCUT2D eigenvalue weighted by Crippen LogP contribution is -2.10. The van der Waals surface area contributed by atoms with Gasteiger partial charge in [-0.05, 0) is 24.6 Å². The molecule has 0 aromatic heterocycles. The molecule has 2 aliphatic rings. The summed E-state index contributed by atoms with van der Waals surface area (Å²) in [5.41, 5.74) is 1.30. The Bertz CT molecular complexity index is 1440. The van der Waals surface area contributed by atoms with E-state index in [1.807, 2.05) is 0 Å². The van der Waals surface area contributed by atoms with E-state index in [-0.39, 0.29) is 63.0 Å². The molecule has 0 bridgehead atoms. The molecule has 0 heterocycles. The zero-order valence-corrected chi connectivity index (χ0v) is 18.9. The molecule has 174 valence electrons. The number of amides is 2. The number of benzene rings is 2. The van der Waals surface area contributed by atoms with Crippen LogP contribution in [0.2, 0.25) is 0 Å². The lowest BCUT2D eigenvalue weighted by molar-refractivity contribution is -0.115. The number of fused-ring (bicyclic) bond motifs is 2. The van der Waals surface area contributed by atoms with E-state index in [0.29, 0.717) is 0 Å². The molecule has 8 heteroatoms. The van der Waals surface area contributed by atoms with Gasteiger partial charge < -0.3 is 10.6 Å². The Labute approximate surface area is 200 Å². The number of hydrogen-bond donors (Lipinski definition) is 2. The van der Waals surface area contributed by atoms with Gasteiger partial charge >= 0.3 is 0 Å². The average Bonchev–Trinajstić information content (AvgIpc) is 3.19. The third kappa shape index (κ3) is 4.29. The van der Waals surface area contributed by atoms with Crippen LogP contribution in [0.5, 0.6) is 0 Å². The largest absolute Gasteiger partial charge is 0.326 e. The predicted molar refractivity (Wildman–Crippen MR) is 129 cm³/mol. The monoisotopic (exact) mass is 468 g/mol. The second kappa shape index (κ2) is 9.26. The van der Waals surface area contributed by atoms with Crippen LogP contribution in [0.25, 0.3) is 0 Å². The first-order valence-corrected chi connectivity index (χ1v) is 10.8. The summed E-state index contributed by atoms with van der Waals surface area (Å²) in [6, 6.07) is 9.36. The highest BCUT2D eigenvalue weighted by Crippen LogP contribution is 2.33. The van der Waals surface area contributed by atoms with Gasteiger partial charge in [0.05, 0.1) is 33.6 Å². The average molecular weight is 468 g/mol. The highest BCUT2D eigenvalue weighted by molar-refractivity contribution is 6.42. The van der Waals surface area contributed by atoms with E-state index in [2.05, 4.69) is 10.6 Å². The van der Waals surface area contributed by atoms with Crippen molar-refractivity contribution >= 4 is 46.3 Å². The molecule has 0 radical (unpaired) electrons. The molecule has 2 aromatic carbocycles. The van der Waals surface area contributed by atoms with Gasteiger partial charge in [0.25, 0.3) is 0 Å². The molecule has 0 saturated carbocycles. The van der Waals surface area contributed by atoms with Gasteiger partial charge in [0.2, 0.25) is 11.8 Å². The standard InChI is InChI=1S/C27H20N2O6/c1-14(30)28-20-12-6-10-16-22(20)26(34)18(24(16)32)8-4-3-5-9-19-25(33)17-11-7-13-21(29-15(2)31)23(17)27(19)35/h3-4,6-13H,5H2,1-2H3,(H,28,30)(H,29,31). The van der Waals surface area contributed by atoms with Crippen molar-refractivity contribution in [1.82, 2.24) is 0 Å². The van der Waals surface area contributed by atoms with Gasteiger partial charge in [0, 0.05) is 25.0 Å². The third-order valence-electron chi connectivity index (χ3n) is 5.53. The van der Waals surface area contributed by atoms with E-state index >= 15 is 0 Å². The van der Waals surface area contributed by atoms with Crippen molar-refractivity contribution in [3.63, 3.8) is 0 Å². The maximum Gasteiger partial charge on any atom is 0.221 e. The Morgan fingerprint density at radius 3 is 1.71 bits per heavy atom. The van der Waals surface area contributed by atoms with Crippen molar-refractivity contribution < 1.29 is 28.8 Å². The molecule has 0 saturated heterocycles. The van der Waals surface area contributed by atoms with Crippen LogP contribution in [-0.4, -0.2) is 34.9 Å². The smallest absolute Gasteiger partial charge is 0.221 e. The van der Waals surface area contributed by atoms with Crippen LogP contribution in [0, 0.1) is 0 Å². The number of carbonyl (C=O) groups is 6. The SMILES string of the molecule is CC(=O)Nc1cccc2c1C(=O)C(=CC=CCC=C1C(=O)c3cccc(NC(C)=O)c3C1=O)C2=O. The van der Waals surface area contributed by atoms with E-state index in [1.54, 1.807) is 30.3 Å². The first kappa shape index (κ1) is 23.4. The van der Waals surface area contributed by atoms with Crippen LogP contribution in [-0.2, 0) is 9.59 Å². The van der Waals surface area contributed by atoms with Crippen molar-refractivity contribution in [2.75, 3.05) is 10.6 Å². The summed E-state index contributed by atoms with van der Waals surface area (Å²) in [6.45, 7) is 2.63. The van der Waals surface area contributed by atoms with E-state index in [4.69, 9.17) is 0 Å². The fourth-order valence-corrected chi connectivity index (χ4v) is 4.09. The maximum absolute atomic E-state index is 12.8. The number of hydrogen-bond acceptors (Lipinski definition) is 6. The second-order valence-corrected chi connectivity index (χ2v) is 8.00. The Morgan fingerprint density at radius 1 is 0.714 bits per heavy atom. The highest BCUT2D eigenvalue weighted by atomic mass is 16.2. The van der Waals surface area contributed by atoms with Crippen LogP contribution in [0.4, 0.5) is 11.4 Å². The van der Waals surface area contributed by atoms with E-state index in [0.717, 1.165) is 0 Å². The van der Waals surface area contributed by atoms with Gasteiger partial charge in [-0.2, -0.15) is 0 Å². The number of rotatable bonds is 5. The molecule has 35 heavy (non-hydrogen) atoms. The summed E-state index contributed by atoms with van der Waals surface area (Å²) in [7, 11) is 0. The Hall–Kier alpha value is -4.72. The van der Waals surface area contributed by atoms with E-state index in [1.165, 1.54) is 44.2 Å². The van der Waals surface area contributed by atoms with Crippen molar-refractivity contribution in [2.45, 2.75) is 20.3 Å². The first-order valence-electron chi connectivity index (χ1n) is 10.8. The number of anilines is 2. The molecule has 0 atom stereocenters. The topological polar surface area (TPSA) is 126 Å². The van der Waals surface area contributed by atoms with Crippen molar-refractivity contribution in [3.05, 3.63) is 94.1 Å². The number of nitrogens with one attached hydrogen (secondary N) is 2. The number of ketones is 4. The molecule has 8 nitrogen and oxygen atoms in total. The minimum Gasteiger partial charge on any atom is -0.326 e. The van der Waals surface area contributed by atoms with Crippen LogP contribution in [0.15, 0.2) is 71.8 Å². The number of allylic oxidation sites excluding steroid dienone is 6. The minimum atomic E-state index is -0.487. The van der Waals surface area contributed by atoms with Crippen molar-refractivity contribution in [1.29, 1.82) is 0 Å².